The zero-order valence-electron chi connectivity index (χ0n) is 10.3. The van der Waals surface area contributed by atoms with Gasteiger partial charge >= 0.3 is 0 Å². The molecule has 100 valence electrons. The van der Waals surface area contributed by atoms with Gasteiger partial charge in [0.05, 0.1) is 6.10 Å². The third-order valence-electron chi connectivity index (χ3n) is 3.55. The fourth-order valence-corrected chi connectivity index (χ4v) is 2.97. The van der Waals surface area contributed by atoms with Crippen LogP contribution in [0.1, 0.15) is 31.2 Å². The summed E-state index contributed by atoms with van der Waals surface area (Å²) in [6.45, 7) is 0.836. The van der Waals surface area contributed by atoms with Gasteiger partial charge in [-0.2, -0.15) is 0 Å². The molecule has 2 N–H and O–H groups in total. The van der Waals surface area contributed by atoms with Gasteiger partial charge in [-0.25, -0.2) is 0 Å². The minimum absolute atomic E-state index is 0.195. The number of aliphatic hydroxyl groups is 1. The fraction of sp³-hybridized carbons (Fsp3) is 0.571. The minimum atomic E-state index is -0.195. The molecule has 2 nitrogen and oxygen atoms in total. The summed E-state index contributed by atoms with van der Waals surface area (Å²) >= 11 is 12.0. The zero-order valence-corrected chi connectivity index (χ0v) is 11.8. The molecule has 0 amide bonds. The number of benzene rings is 1. The standard InChI is InChI=1S/C14H19Cl2NO/c15-11-6-5-10(12(16)9-11)7-8-17-13-3-1-2-4-14(13)18/h5-6,9,13-14,17-18H,1-4,7-8H2. The van der Waals surface area contributed by atoms with Crippen molar-refractivity contribution in [3.8, 4) is 0 Å². The van der Waals surface area contributed by atoms with Gasteiger partial charge < -0.3 is 10.4 Å². The smallest absolute Gasteiger partial charge is 0.0693 e. The first-order chi connectivity index (χ1) is 8.66. The molecule has 0 bridgehead atoms. The maximum absolute atomic E-state index is 9.85. The molecule has 18 heavy (non-hydrogen) atoms. The molecule has 1 fully saturated rings. The summed E-state index contributed by atoms with van der Waals surface area (Å²) in [5, 5.41) is 14.7. The van der Waals surface area contributed by atoms with E-state index in [2.05, 4.69) is 5.32 Å². The molecule has 2 rings (SSSR count). The van der Waals surface area contributed by atoms with Crippen molar-refractivity contribution in [3.05, 3.63) is 33.8 Å². The first-order valence-corrected chi connectivity index (χ1v) is 7.28. The van der Waals surface area contributed by atoms with Crippen LogP contribution >= 0.6 is 23.2 Å². The van der Waals surface area contributed by atoms with Crippen molar-refractivity contribution in [1.29, 1.82) is 0 Å². The molecular formula is C14H19Cl2NO. The second-order valence-corrected chi connectivity index (χ2v) is 5.74. The van der Waals surface area contributed by atoms with E-state index in [0.29, 0.717) is 10.0 Å². The lowest BCUT2D eigenvalue weighted by Gasteiger charge is -2.28. The van der Waals surface area contributed by atoms with E-state index < -0.39 is 0 Å². The lowest BCUT2D eigenvalue weighted by molar-refractivity contribution is 0.0914. The predicted octanol–water partition coefficient (Wildman–Crippen LogP) is 3.43. The largest absolute Gasteiger partial charge is 0.392 e. The molecule has 0 spiro atoms. The average Bonchev–Trinajstić information content (AvgIpc) is 2.34. The Labute approximate surface area is 118 Å². The zero-order chi connectivity index (χ0) is 13.0. The number of rotatable bonds is 4. The van der Waals surface area contributed by atoms with Gasteiger partial charge in [0.15, 0.2) is 0 Å². The summed E-state index contributed by atoms with van der Waals surface area (Å²) in [7, 11) is 0. The highest BCUT2D eigenvalue weighted by molar-refractivity contribution is 6.35. The van der Waals surface area contributed by atoms with Gasteiger partial charge in [0.2, 0.25) is 0 Å². The van der Waals surface area contributed by atoms with Crippen LogP contribution in [0, 0.1) is 0 Å². The van der Waals surface area contributed by atoms with E-state index in [9.17, 15) is 5.11 Å². The summed E-state index contributed by atoms with van der Waals surface area (Å²) in [6.07, 6.45) is 4.99. The Morgan fingerprint density at radius 3 is 2.72 bits per heavy atom. The summed E-state index contributed by atoms with van der Waals surface area (Å²) in [5.74, 6) is 0. The summed E-state index contributed by atoms with van der Waals surface area (Å²) in [6, 6.07) is 5.83. The van der Waals surface area contributed by atoms with Gasteiger partial charge in [0.25, 0.3) is 0 Å². The second kappa shape index (κ2) is 6.76. The van der Waals surface area contributed by atoms with Gasteiger partial charge in [0.1, 0.15) is 0 Å². The number of nitrogens with one attached hydrogen (secondary N) is 1. The Morgan fingerprint density at radius 2 is 2.00 bits per heavy atom. The topological polar surface area (TPSA) is 32.3 Å². The summed E-state index contributed by atoms with van der Waals surface area (Å²) in [4.78, 5) is 0. The first-order valence-electron chi connectivity index (χ1n) is 6.52. The van der Waals surface area contributed by atoms with Crippen LogP contribution in [0.15, 0.2) is 18.2 Å². The quantitative estimate of drug-likeness (QED) is 0.889. The van der Waals surface area contributed by atoms with Crippen molar-refractivity contribution in [1.82, 2.24) is 5.32 Å². The Hall–Kier alpha value is -0.280. The van der Waals surface area contributed by atoms with Crippen molar-refractivity contribution in [2.45, 2.75) is 44.2 Å². The Bertz CT molecular complexity index is 397. The predicted molar refractivity (Wildman–Crippen MR) is 76.4 cm³/mol. The van der Waals surface area contributed by atoms with E-state index in [1.807, 2.05) is 12.1 Å². The van der Waals surface area contributed by atoms with Crippen molar-refractivity contribution >= 4 is 23.2 Å². The second-order valence-electron chi connectivity index (χ2n) is 4.90. The van der Waals surface area contributed by atoms with Gasteiger partial charge in [-0.05, 0) is 43.5 Å². The van der Waals surface area contributed by atoms with E-state index in [0.717, 1.165) is 37.8 Å². The third-order valence-corrected chi connectivity index (χ3v) is 4.13. The van der Waals surface area contributed by atoms with Crippen LogP contribution in [0.2, 0.25) is 10.0 Å². The fourth-order valence-electron chi connectivity index (χ4n) is 2.47. The molecular weight excluding hydrogens is 269 g/mol. The van der Waals surface area contributed by atoms with E-state index >= 15 is 0 Å². The molecule has 0 saturated heterocycles. The van der Waals surface area contributed by atoms with Gasteiger partial charge in [-0.1, -0.05) is 42.1 Å². The molecule has 0 heterocycles. The normalized spacial score (nSPS) is 24.2. The number of halogens is 2. The SMILES string of the molecule is OC1CCCCC1NCCc1ccc(Cl)cc1Cl. The van der Waals surface area contributed by atoms with Crippen LogP contribution in [0.25, 0.3) is 0 Å². The van der Waals surface area contributed by atoms with Crippen LogP contribution < -0.4 is 5.32 Å². The van der Waals surface area contributed by atoms with E-state index in [1.165, 1.54) is 6.42 Å². The van der Waals surface area contributed by atoms with Crippen molar-refractivity contribution < 1.29 is 5.11 Å². The molecule has 1 aromatic carbocycles. The Kier molecular flexibility index (Phi) is 5.31. The molecule has 2 unspecified atom stereocenters. The van der Waals surface area contributed by atoms with Crippen LogP contribution in [0.4, 0.5) is 0 Å². The summed E-state index contributed by atoms with van der Waals surface area (Å²) < 4.78 is 0. The van der Waals surface area contributed by atoms with Crippen molar-refractivity contribution in [2.24, 2.45) is 0 Å². The monoisotopic (exact) mass is 287 g/mol. The molecule has 1 aliphatic carbocycles. The Morgan fingerprint density at radius 1 is 1.22 bits per heavy atom. The summed E-state index contributed by atoms with van der Waals surface area (Å²) in [5.41, 5.74) is 1.10. The van der Waals surface area contributed by atoms with Crippen LogP contribution in [-0.2, 0) is 6.42 Å². The van der Waals surface area contributed by atoms with Gasteiger partial charge in [-0.15, -0.1) is 0 Å². The third kappa shape index (κ3) is 3.86. The van der Waals surface area contributed by atoms with E-state index in [1.54, 1.807) is 6.07 Å². The number of aliphatic hydroxyl groups excluding tert-OH is 1. The molecule has 0 aromatic heterocycles. The molecule has 0 radical (unpaired) electrons. The highest BCUT2D eigenvalue weighted by Gasteiger charge is 2.21. The van der Waals surface area contributed by atoms with Crippen molar-refractivity contribution in [3.63, 3.8) is 0 Å². The lowest BCUT2D eigenvalue weighted by Crippen LogP contribution is -2.42. The van der Waals surface area contributed by atoms with E-state index in [4.69, 9.17) is 23.2 Å². The minimum Gasteiger partial charge on any atom is -0.392 e. The van der Waals surface area contributed by atoms with Gasteiger partial charge in [-0.3, -0.25) is 0 Å². The highest BCUT2D eigenvalue weighted by atomic mass is 35.5. The van der Waals surface area contributed by atoms with Crippen LogP contribution in [-0.4, -0.2) is 23.8 Å². The maximum atomic E-state index is 9.85. The average molecular weight is 288 g/mol. The van der Waals surface area contributed by atoms with Crippen molar-refractivity contribution in [2.75, 3.05) is 6.54 Å². The van der Waals surface area contributed by atoms with Crippen LogP contribution in [0.3, 0.4) is 0 Å². The maximum Gasteiger partial charge on any atom is 0.0693 e. The lowest BCUT2D eigenvalue weighted by atomic mass is 9.92. The first kappa shape index (κ1) is 14.1. The molecule has 1 aromatic rings. The Balaban J connectivity index is 1.81. The molecule has 1 aliphatic rings. The molecule has 1 saturated carbocycles. The molecule has 2 atom stereocenters. The molecule has 0 aliphatic heterocycles. The van der Waals surface area contributed by atoms with Crippen LogP contribution in [0.5, 0.6) is 0 Å². The number of hydrogen-bond acceptors (Lipinski definition) is 2. The van der Waals surface area contributed by atoms with E-state index in [-0.39, 0.29) is 12.1 Å². The molecule has 4 heteroatoms. The van der Waals surface area contributed by atoms with Gasteiger partial charge in [0, 0.05) is 16.1 Å². The highest BCUT2D eigenvalue weighted by Crippen LogP contribution is 2.22. The number of hydrogen-bond donors (Lipinski definition) is 2.